The number of carbonyl (C=O) groups is 1. The predicted molar refractivity (Wildman–Crippen MR) is 74.4 cm³/mol. The van der Waals surface area contributed by atoms with E-state index in [-0.39, 0.29) is 11.3 Å². The van der Waals surface area contributed by atoms with Gasteiger partial charge >= 0.3 is 0 Å². The molecule has 0 aromatic heterocycles. The lowest BCUT2D eigenvalue weighted by atomic mass is 9.88. The van der Waals surface area contributed by atoms with Gasteiger partial charge in [0.15, 0.2) is 0 Å². The molecule has 0 aliphatic heterocycles. The summed E-state index contributed by atoms with van der Waals surface area (Å²) in [6.07, 6.45) is 0.825. The quantitative estimate of drug-likeness (QED) is 0.888. The van der Waals surface area contributed by atoms with E-state index in [4.69, 9.17) is 17.3 Å². The van der Waals surface area contributed by atoms with E-state index in [0.717, 1.165) is 11.4 Å². The predicted octanol–water partition coefficient (Wildman–Crippen LogP) is 3.59. The second kappa shape index (κ2) is 4.58. The van der Waals surface area contributed by atoms with Gasteiger partial charge in [0.25, 0.3) is 0 Å². The van der Waals surface area contributed by atoms with Crippen LogP contribution in [0.15, 0.2) is 24.3 Å². The maximum Gasteiger partial charge on any atom is 0.224 e. The van der Waals surface area contributed by atoms with Crippen LogP contribution in [-0.2, 0) is 4.79 Å². The first-order valence-electron chi connectivity index (χ1n) is 6.50. The van der Waals surface area contributed by atoms with Gasteiger partial charge in [0.1, 0.15) is 0 Å². The molecule has 1 aromatic rings. The van der Waals surface area contributed by atoms with E-state index in [9.17, 15) is 4.79 Å². The molecule has 4 atom stereocenters. The lowest BCUT2D eigenvalue weighted by molar-refractivity contribution is -0.124. The highest BCUT2D eigenvalue weighted by molar-refractivity contribution is 6.30. The van der Waals surface area contributed by atoms with Gasteiger partial charge in [0.2, 0.25) is 5.91 Å². The van der Waals surface area contributed by atoms with Gasteiger partial charge in [0.05, 0.1) is 5.41 Å². The Morgan fingerprint density at radius 3 is 2.39 bits per heavy atom. The van der Waals surface area contributed by atoms with Crippen molar-refractivity contribution < 1.29 is 4.79 Å². The molecule has 1 fully saturated rings. The van der Waals surface area contributed by atoms with Gasteiger partial charge in [-0.2, -0.15) is 0 Å². The Kier molecular flexibility index (Phi) is 3.41. The van der Waals surface area contributed by atoms with Gasteiger partial charge in [0, 0.05) is 5.02 Å². The first-order chi connectivity index (χ1) is 8.45. The summed E-state index contributed by atoms with van der Waals surface area (Å²) in [6.45, 7) is 6.35. The van der Waals surface area contributed by atoms with Gasteiger partial charge in [-0.3, -0.25) is 4.79 Å². The zero-order chi connectivity index (χ0) is 13.5. The molecular formula is C15H20ClNO. The van der Waals surface area contributed by atoms with E-state index < -0.39 is 0 Å². The van der Waals surface area contributed by atoms with E-state index in [1.807, 2.05) is 24.3 Å². The Bertz CT molecular complexity index is 456. The van der Waals surface area contributed by atoms with Crippen molar-refractivity contribution in [3.8, 4) is 0 Å². The van der Waals surface area contributed by atoms with Gasteiger partial charge in [-0.1, -0.05) is 44.5 Å². The third kappa shape index (κ3) is 1.83. The minimum atomic E-state index is -0.306. The fourth-order valence-corrected chi connectivity index (χ4v) is 3.77. The third-order valence-corrected chi connectivity index (χ3v) is 5.07. The fourth-order valence-electron chi connectivity index (χ4n) is 3.64. The van der Waals surface area contributed by atoms with Crippen LogP contribution < -0.4 is 5.73 Å². The maximum atomic E-state index is 11.7. The summed E-state index contributed by atoms with van der Waals surface area (Å²) in [5, 5.41) is 0.742. The summed E-state index contributed by atoms with van der Waals surface area (Å²) in [4.78, 5) is 11.7. The molecule has 3 unspecified atom stereocenters. The van der Waals surface area contributed by atoms with Crippen molar-refractivity contribution in [1.29, 1.82) is 0 Å². The van der Waals surface area contributed by atoms with Crippen molar-refractivity contribution in [2.45, 2.75) is 33.1 Å². The van der Waals surface area contributed by atoms with Crippen LogP contribution in [0.4, 0.5) is 0 Å². The molecule has 98 valence electrons. The fraction of sp³-hybridized carbons (Fsp3) is 0.533. The Morgan fingerprint density at radius 2 is 2.00 bits per heavy atom. The molecular weight excluding hydrogens is 246 g/mol. The van der Waals surface area contributed by atoms with E-state index in [2.05, 4.69) is 20.8 Å². The zero-order valence-corrected chi connectivity index (χ0v) is 11.9. The molecule has 0 bridgehead atoms. The molecule has 1 aliphatic carbocycles. The first-order valence-corrected chi connectivity index (χ1v) is 6.88. The Hall–Kier alpha value is -1.02. The Morgan fingerprint density at radius 1 is 1.44 bits per heavy atom. The van der Waals surface area contributed by atoms with Crippen LogP contribution in [0.2, 0.25) is 5.02 Å². The molecule has 1 aromatic carbocycles. The topological polar surface area (TPSA) is 43.1 Å². The average molecular weight is 266 g/mol. The first kappa shape index (κ1) is 13.4. The number of hydrogen-bond acceptors (Lipinski definition) is 1. The van der Waals surface area contributed by atoms with Crippen LogP contribution in [0.1, 0.15) is 38.7 Å². The summed E-state index contributed by atoms with van der Waals surface area (Å²) < 4.78 is 0. The van der Waals surface area contributed by atoms with Crippen molar-refractivity contribution in [3.63, 3.8) is 0 Å². The summed E-state index contributed by atoms with van der Waals surface area (Å²) in [5.74, 6) is 0.903. The van der Waals surface area contributed by atoms with Crippen LogP contribution in [0.5, 0.6) is 0 Å². The smallest absolute Gasteiger partial charge is 0.224 e. The molecule has 3 heteroatoms. The van der Waals surface area contributed by atoms with Crippen LogP contribution in [-0.4, -0.2) is 5.91 Å². The summed E-state index contributed by atoms with van der Waals surface area (Å²) in [6, 6.07) is 7.88. The highest BCUT2D eigenvalue weighted by atomic mass is 35.5. The monoisotopic (exact) mass is 265 g/mol. The molecule has 1 saturated carbocycles. The Balaban J connectivity index is 2.23. The normalized spacial score (nSPS) is 32.0. The van der Waals surface area contributed by atoms with Gasteiger partial charge < -0.3 is 5.73 Å². The molecule has 0 spiro atoms. The molecule has 0 saturated heterocycles. The van der Waals surface area contributed by atoms with E-state index in [0.29, 0.717) is 17.8 Å². The highest BCUT2D eigenvalue weighted by Crippen LogP contribution is 2.65. The van der Waals surface area contributed by atoms with Gasteiger partial charge in [-0.05, 0) is 41.9 Å². The van der Waals surface area contributed by atoms with Gasteiger partial charge in [-0.25, -0.2) is 0 Å². The number of benzene rings is 1. The van der Waals surface area contributed by atoms with Crippen LogP contribution in [0.3, 0.4) is 0 Å². The van der Waals surface area contributed by atoms with Crippen LogP contribution in [0.25, 0.3) is 0 Å². The standard InChI is InChI=1S/C15H20ClNO/c1-4-15(14(17)18)10(3)13(15)9(2)11-5-7-12(16)8-6-11/h5-10,13H,4H2,1-3H3,(H2,17,18)/t9-,10?,13?,15?/m0/s1. The van der Waals surface area contributed by atoms with E-state index in [1.54, 1.807) is 0 Å². The zero-order valence-electron chi connectivity index (χ0n) is 11.1. The lowest BCUT2D eigenvalue weighted by Crippen LogP contribution is -2.28. The number of nitrogens with two attached hydrogens (primary N) is 1. The van der Waals surface area contributed by atoms with E-state index >= 15 is 0 Å². The molecule has 2 nitrogen and oxygen atoms in total. The molecule has 18 heavy (non-hydrogen) atoms. The van der Waals surface area contributed by atoms with Gasteiger partial charge in [-0.15, -0.1) is 0 Å². The molecule has 2 rings (SSSR count). The minimum Gasteiger partial charge on any atom is -0.369 e. The van der Waals surface area contributed by atoms with Crippen LogP contribution >= 0.6 is 11.6 Å². The largest absolute Gasteiger partial charge is 0.369 e. The number of carbonyl (C=O) groups excluding carboxylic acids is 1. The SMILES string of the molecule is CCC1(C(N)=O)C(C)C1[C@@H](C)c1ccc(Cl)cc1. The summed E-state index contributed by atoms with van der Waals surface area (Å²) in [5.41, 5.74) is 6.53. The number of amides is 1. The Labute approximate surface area is 114 Å². The van der Waals surface area contributed by atoms with Crippen molar-refractivity contribution in [3.05, 3.63) is 34.9 Å². The molecule has 1 aliphatic rings. The second-order valence-electron chi connectivity index (χ2n) is 5.41. The van der Waals surface area contributed by atoms with Crippen molar-refractivity contribution in [2.75, 3.05) is 0 Å². The molecule has 1 amide bonds. The van der Waals surface area contributed by atoms with Crippen molar-refractivity contribution >= 4 is 17.5 Å². The van der Waals surface area contributed by atoms with Crippen LogP contribution in [0, 0.1) is 17.3 Å². The van der Waals surface area contributed by atoms with E-state index in [1.165, 1.54) is 5.56 Å². The number of halogens is 1. The molecule has 0 radical (unpaired) electrons. The second-order valence-corrected chi connectivity index (χ2v) is 5.85. The molecule has 0 heterocycles. The summed E-state index contributed by atoms with van der Waals surface area (Å²) >= 11 is 5.90. The molecule has 2 N–H and O–H groups in total. The highest BCUT2D eigenvalue weighted by Gasteiger charge is 2.66. The minimum absolute atomic E-state index is 0.150. The number of rotatable bonds is 4. The number of primary amides is 1. The lowest BCUT2D eigenvalue weighted by Gasteiger charge is -2.16. The number of hydrogen-bond donors (Lipinski definition) is 1. The maximum absolute atomic E-state index is 11.7. The summed E-state index contributed by atoms with van der Waals surface area (Å²) in [7, 11) is 0. The third-order valence-electron chi connectivity index (χ3n) is 4.82. The van der Waals surface area contributed by atoms with Crippen molar-refractivity contribution in [2.24, 2.45) is 23.0 Å². The average Bonchev–Trinajstić information content (AvgIpc) is 2.95. The van der Waals surface area contributed by atoms with Crippen molar-refractivity contribution in [1.82, 2.24) is 0 Å².